The summed E-state index contributed by atoms with van der Waals surface area (Å²) in [5.74, 6) is 0. The summed E-state index contributed by atoms with van der Waals surface area (Å²) in [6.45, 7) is 3.14. The molecule has 0 amide bonds. The first-order chi connectivity index (χ1) is 9.84. The van der Waals surface area contributed by atoms with Crippen LogP contribution < -0.4 is 5.32 Å². The van der Waals surface area contributed by atoms with E-state index >= 15 is 0 Å². The fourth-order valence-corrected chi connectivity index (χ4v) is 3.92. The lowest BCUT2D eigenvalue weighted by molar-refractivity contribution is -0.385. The monoisotopic (exact) mass is 313 g/mol. The maximum absolute atomic E-state index is 12.6. The van der Waals surface area contributed by atoms with Crippen molar-refractivity contribution < 1.29 is 13.3 Å². The molecule has 0 spiro atoms. The van der Waals surface area contributed by atoms with Crippen LogP contribution in [0.2, 0.25) is 0 Å². The molecule has 8 heteroatoms. The zero-order valence-corrected chi connectivity index (χ0v) is 12.9. The highest BCUT2D eigenvalue weighted by Crippen LogP contribution is 2.26. The third-order valence-electron chi connectivity index (χ3n) is 3.88. The van der Waals surface area contributed by atoms with Gasteiger partial charge in [0.25, 0.3) is 5.69 Å². The minimum atomic E-state index is -3.71. The molecule has 1 N–H and O–H groups in total. The molecule has 7 nitrogen and oxygen atoms in total. The topological polar surface area (TPSA) is 92.6 Å². The molecular formula is C13H19N3O4S. The van der Waals surface area contributed by atoms with Crippen LogP contribution in [-0.4, -0.2) is 43.8 Å². The molecule has 0 bridgehead atoms. The highest BCUT2D eigenvalue weighted by molar-refractivity contribution is 7.89. The molecule has 0 atom stereocenters. The van der Waals surface area contributed by atoms with Gasteiger partial charge in [-0.3, -0.25) is 10.1 Å². The van der Waals surface area contributed by atoms with Crippen molar-refractivity contribution in [2.24, 2.45) is 0 Å². The Balaban J connectivity index is 2.34. The Morgan fingerprint density at radius 3 is 2.52 bits per heavy atom. The molecule has 1 aliphatic heterocycles. The molecule has 1 fully saturated rings. The number of rotatable bonds is 4. The van der Waals surface area contributed by atoms with Gasteiger partial charge in [0, 0.05) is 24.7 Å². The lowest BCUT2D eigenvalue weighted by Crippen LogP contribution is -2.43. The van der Waals surface area contributed by atoms with Crippen LogP contribution >= 0.6 is 0 Å². The van der Waals surface area contributed by atoms with Gasteiger partial charge in [-0.1, -0.05) is 6.07 Å². The average molecular weight is 313 g/mol. The van der Waals surface area contributed by atoms with E-state index < -0.39 is 14.9 Å². The number of nitro groups is 1. The molecule has 116 valence electrons. The maximum Gasteiger partial charge on any atom is 0.273 e. The summed E-state index contributed by atoms with van der Waals surface area (Å²) in [7, 11) is -2.17. The number of nitro benzene ring substituents is 1. The zero-order chi connectivity index (χ0) is 15.6. The quantitative estimate of drug-likeness (QED) is 0.667. The van der Waals surface area contributed by atoms with E-state index in [-0.39, 0.29) is 16.6 Å². The Hall–Kier alpha value is -1.51. The van der Waals surface area contributed by atoms with Gasteiger partial charge in [0.05, 0.1) is 9.82 Å². The fourth-order valence-electron chi connectivity index (χ4n) is 2.48. The van der Waals surface area contributed by atoms with Gasteiger partial charge in [-0.2, -0.15) is 4.31 Å². The van der Waals surface area contributed by atoms with Crippen LogP contribution in [0.4, 0.5) is 5.69 Å². The maximum atomic E-state index is 12.6. The predicted octanol–water partition coefficient (Wildman–Crippen LogP) is 1.28. The zero-order valence-electron chi connectivity index (χ0n) is 12.1. The number of hydrogen-bond donors (Lipinski definition) is 1. The normalized spacial score (nSPS) is 17.1. The first-order valence-corrected chi connectivity index (χ1v) is 8.22. The van der Waals surface area contributed by atoms with E-state index in [0.717, 1.165) is 32.0 Å². The number of benzene rings is 1. The van der Waals surface area contributed by atoms with Gasteiger partial charge in [-0.25, -0.2) is 8.42 Å². The summed E-state index contributed by atoms with van der Waals surface area (Å²) >= 11 is 0. The van der Waals surface area contributed by atoms with E-state index in [1.54, 1.807) is 6.92 Å². The summed E-state index contributed by atoms with van der Waals surface area (Å²) in [5.41, 5.74) is 0.276. The summed E-state index contributed by atoms with van der Waals surface area (Å²) in [6.07, 6.45) is 1.48. The minimum Gasteiger partial charge on any atom is -0.317 e. The molecule has 1 aromatic carbocycles. The smallest absolute Gasteiger partial charge is 0.273 e. The van der Waals surface area contributed by atoms with Gasteiger partial charge < -0.3 is 5.32 Å². The van der Waals surface area contributed by atoms with Gasteiger partial charge in [0.1, 0.15) is 0 Å². The summed E-state index contributed by atoms with van der Waals surface area (Å²) in [4.78, 5) is 10.4. The molecule has 0 aromatic heterocycles. The Morgan fingerprint density at radius 2 is 1.95 bits per heavy atom. The van der Waals surface area contributed by atoms with Crippen molar-refractivity contribution in [3.8, 4) is 0 Å². The highest BCUT2D eigenvalue weighted by atomic mass is 32.2. The predicted molar refractivity (Wildman–Crippen MR) is 78.7 cm³/mol. The summed E-state index contributed by atoms with van der Waals surface area (Å²) < 4.78 is 26.5. The van der Waals surface area contributed by atoms with E-state index in [9.17, 15) is 18.5 Å². The molecule has 0 saturated carbocycles. The second-order valence-corrected chi connectivity index (χ2v) is 7.21. The summed E-state index contributed by atoms with van der Waals surface area (Å²) in [6, 6.07) is 3.97. The SMILES string of the molecule is Cc1ccc(S(=O)(=O)N(C)C2CCNCC2)cc1[N+](=O)[O-]. The van der Waals surface area contributed by atoms with Crippen LogP contribution in [0, 0.1) is 17.0 Å². The van der Waals surface area contributed by atoms with E-state index in [4.69, 9.17) is 0 Å². The number of piperidine rings is 1. The van der Waals surface area contributed by atoms with E-state index in [1.807, 2.05) is 0 Å². The molecule has 0 aliphatic carbocycles. The van der Waals surface area contributed by atoms with Crippen molar-refractivity contribution in [3.05, 3.63) is 33.9 Å². The molecule has 1 saturated heterocycles. The molecule has 1 heterocycles. The Morgan fingerprint density at radius 1 is 1.33 bits per heavy atom. The van der Waals surface area contributed by atoms with Crippen LogP contribution in [-0.2, 0) is 10.0 Å². The largest absolute Gasteiger partial charge is 0.317 e. The molecule has 2 rings (SSSR count). The Labute approximate surface area is 124 Å². The second-order valence-electron chi connectivity index (χ2n) is 5.21. The first-order valence-electron chi connectivity index (χ1n) is 6.78. The fraction of sp³-hybridized carbons (Fsp3) is 0.538. The van der Waals surface area contributed by atoms with E-state index in [0.29, 0.717) is 5.56 Å². The lowest BCUT2D eigenvalue weighted by Gasteiger charge is -2.30. The number of nitrogens with one attached hydrogen (secondary N) is 1. The minimum absolute atomic E-state index is 0.0270. The van der Waals surface area contributed by atoms with Crippen molar-refractivity contribution in [1.29, 1.82) is 0 Å². The van der Waals surface area contributed by atoms with Crippen molar-refractivity contribution in [1.82, 2.24) is 9.62 Å². The third-order valence-corrected chi connectivity index (χ3v) is 5.78. The van der Waals surface area contributed by atoms with E-state index in [2.05, 4.69) is 5.32 Å². The highest BCUT2D eigenvalue weighted by Gasteiger charge is 2.30. The van der Waals surface area contributed by atoms with Gasteiger partial charge in [0.15, 0.2) is 0 Å². The Kier molecular flexibility index (Phi) is 4.60. The molecule has 1 aliphatic rings. The van der Waals surface area contributed by atoms with Crippen LogP contribution in [0.1, 0.15) is 18.4 Å². The van der Waals surface area contributed by atoms with Crippen LogP contribution in [0.25, 0.3) is 0 Å². The van der Waals surface area contributed by atoms with Gasteiger partial charge in [-0.05, 0) is 38.9 Å². The molecule has 0 radical (unpaired) electrons. The van der Waals surface area contributed by atoms with Crippen molar-refractivity contribution in [2.75, 3.05) is 20.1 Å². The van der Waals surface area contributed by atoms with Gasteiger partial charge in [-0.15, -0.1) is 0 Å². The van der Waals surface area contributed by atoms with Crippen LogP contribution in [0.3, 0.4) is 0 Å². The Bertz CT molecular complexity index is 639. The van der Waals surface area contributed by atoms with Crippen molar-refractivity contribution in [3.63, 3.8) is 0 Å². The lowest BCUT2D eigenvalue weighted by atomic mass is 10.1. The van der Waals surface area contributed by atoms with Crippen molar-refractivity contribution >= 4 is 15.7 Å². The molecular weight excluding hydrogens is 294 g/mol. The van der Waals surface area contributed by atoms with Crippen molar-refractivity contribution in [2.45, 2.75) is 30.7 Å². The number of aryl methyl sites for hydroxylation is 1. The van der Waals surface area contributed by atoms with Gasteiger partial charge in [0.2, 0.25) is 10.0 Å². The van der Waals surface area contributed by atoms with E-state index in [1.165, 1.54) is 23.5 Å². The average Bonchev–Trinajstić information content (AvgIpc) is 2.47. The second kappa shape index (κ2) is 6.08. The number of sulfonamides is 1. The number of nitrogens with zero attached hydrogens (tertiary/aromatic N) is 2. The third kappa shape index (κ3) is 3.22. The van der Waals surface area contributed by atoms with Crippen LogP contribution in [0.5, 0.6) is 0 Å². The molecule has 0 unspecified atom stereocenters. The summed E-state index contributed by atoms with van der Waals surface area (Å²) in [5, 5.41) is 14.1. The molecule has 1 aromatic rings. The van der Waals surface area contributed by atoms with Crippen LogP contribution in [0.15, 0.2) is 23.1 Å². The first kappa shape index (κ1) is 15.9. The molecule has 21 heavy (non-hydrogen) atoms. The number of hydrogen-bond acceptors (Lipinski definition) is 5. The van der Waals surface area contributed by atoms with Gasteiger partial charge >= 0.3 is 0 Å². The standard InChI is InChI=1S/C13H19N3O4S/c1-10-3-4-12(9-13(10)16(17)18)21(19,20)15(2)11-5-7-14-8-6-11/h3-4,9,11,14H,5-8H2,1-2H3.